The summed E-state index contributed by atoms with van der Waals surface area (Å²) in [5.41, 5.74) is 5.04. The first-order valence-corrected chi connectivity index (χ1v) is 14.9. The van der Waals surface area contributed by atoms with Crippen LogP contribution >= 0.6 is 0 Å². The lowest BCUT2D eigenvalue weighted by molar-refractivity contribution is -0.116. The minimum Gasteiger partial charge on any atom is -0.303 e. The van der Waals surface area contributed by atoms with E-state index in [0.717, 1.165) is 48.4 Å². The largest absolute Gasteiger partial charge is 0.303 e. The molecule has 3 heterocycles. The third kappa shape index (κ3) is 7.51. The topological polar surface area (TPSA) is 141 Å². The Hall–Kier alpha value is -4.42. The number of piperidine rings is 1. The number of aromatic amines is 1. The molecular formula is C32H38N10O. The van der Waals surface area contributed by atoms with Gasteiger partial charge in [0.25, 0.3) is 5.91 Å². The van der Waals surface area contributed by atoms with E-state index < -0.39 is 11.9 Å². The molecule has 2 aromatic carbocycles. The van der Waals surface area contributed by atoms with E-state index in [4.69, 9.17) is 0 Å². The Morgan fingerprint density at radius 3 is 2.44 bits per heavy atom. The lowest BCUT2D eigenvalue weighted by atomic mass is 9.91. The molecule has 11 heteroatoms. The number of carbonyl (C=O) groups is 1. The van der Waals surface area contributed by atoms with E-state index in [-0.39, 0.29) is 17.7 Å². The van der Waals surface area contributed by atoms with Gasteiger partial charge in [-0.25, -0.2) is 5.10 Å². The highest BCUT2D eigenvalue weighted by Crippen LogP contribution is 2.28. The number of likely N-dealkylation sites (tertiary alicyclic amines) is 1. The molecule has 0 aliphatic carbocycles. The van der Waals surface area contributed by atoms with E-state index in [2.05, 4.69) is 60.0 Å². The van der Waals surface area contributed by atoms with Gasteiger partial charge in [0.2, 0.25) is 0 Å². The van der Waals surface area contributed by atoms with Crippen molar-refractivity contribution >= 4 is 11.6 Å². The van der Waals surface area contributed by atoms with Gasteiger partial charge in [0.15, 0.2) is 5.82 Å². The molecule has 1 unspecified atom stereocenters. The summed E-state index contributed by atoms with van der Waals surface area (Å²) in [5, 5.41) is 37.9. The Morgan fingerprint density at radius 2 is 1.79 bits per heavy atom. The van der Waals surface area contributed by atoms with Crippen LogP contribution in [0.15, 0.2) is 53.6 Å². The molecule has 2 aliphatic rings. The van der Waals surface area contributed by atoms with E-state index >= 15 is 0 Å². The van der Waals surface area contributed by atoms with Gasteiger partial charge in [-0.15, -0.1) is 5.10 Å². The number of nitriles is 2. The van der Waals surface area contributed by atoms with Gasteiger partial charge in [0.05, 0.1) is 12.1 Å². The Labute approximate surface area is 252 Å². The molecule has 11 nitrogen and oxygen atoms in total. The van der Waals surface area contributed by atoms with Crippen molar-refractivity contribution in [1.29, 1.82) is 10.5 Å². The first-order chi connectivity index (χ1) is 20.9. The van der Waals surface area contributed by atoms with Crippen LogP contribution in [0, 0.1) is 36.5 Å². The summed E-state index contributed by atoms with van der Waals surface area (Å²) < 4.78 is 0. The number of aryl methyl sites for hydroxylation is 2. The number of carbonyl (C=O) groups excluding carboxylic acids is 1. The molecule has 0 radical (unpaired) electrons. The van der Waals surface area contributed by atoms with Crippen molar-refractivity contribution in [3.63, 3.8) is 0 Å². The Balaban J connectivity index is 1.56. The number of anilines is 1. The average molecular weight is 579 g/mol. The fourth-order valence-electron chi connectivity index (χ4n) is 6.20. The predicted octanol–water partition coefficient (Wildman–Crippen LogP) is 3.15. The predicted molar refractivity (Wildman–Crippen MR) is 162 cm³/mol. The molecule has 2 saturated heterocycles. The number of hydrogen-bond donors (Lipinski definition) is 2. The summed E-state index contributed by atoms with van der Waals surface area (Å²) in [7, 11) is 0. The number of H-pyrrole nitrogens is 1. The Bertz CT molecular complexity index is 1490. The maximum absolute atomic E-state index is 14.8. The lowest BCUT2D eigenvalue weighted by Gasteiger charge is -2.32. The molecule has 2 N–H and O–H groups in total. The van der Waals surface area contributed by atoms with Crippen molar-refractivity contribution in [2.24, 2.45) is 0 Å². The van der Waals surface area contributed by atoms with Gasteiger partial charge < -0.3 is 10.2 Å². The number of aromatic nitrogens is 4. The third-order valence-electron chi connectivity index (χ3n) is 8.12. The van der Waals surface area contributed by atoms with Gasteiger partial charge in [-0.3, -0.25) is 14.6 Å². The molecule has 2 aliphatic heterocycles. The molecule has 43 heavy (non-hydrogen) atoms. The van der Waals surface area contributed by atoms with E-state index in [1.165, 1.54) is 19.3 Å². The summed E-state index contributed by atoms with van der Waals surface area (Å²) >= 11 is 0. The number of nitrogens with zero attached hydrogens (tertiary/aromatic N) is 8. The van der Waals surface area contributed by atoms with E-state index in [0.29, 0.717) is 31.1 Å². The molecule has 222 valence electrons. The first kappa shape index (κ1) is 30.1. The quantitative estimate of drug-likeness (QED) is 0.274. The standard InChI is InChI=1S/C32H38N10O/c1-23-13-24(2)15-26(14-23)17-29(41-12-9-35-22-41)31(27(18-33)19-34)32(43)42(21-30-36-38-39-37-30)28-8-6-7-25(16-28)20-40-10-4-3-5-11-40/h6-8,13-16,29,35H,3-5,9-12,17,20-22H2,1-2H3,(H,36,37,38,39). The van der Waals surface area contributed by atoms with Crippen molar-refractivity contribution in [3.8, 4) is 12.1 Å². The molecule has 5 rings (SSSR count). The molecule has 3 aromatic rings. The summed E-state index contributed by atoms with van der Waals surface area (Å²) in [6.45, 7) is 9.05. The maximum atomic E-state index is 14.8. The van der Waals surface area contributed by atoms with Crippen LogP contribution in [0.1, 0.15) is 47.3 Å². The van der Waals surface area contributed by atoms with E-state index in [1.807, 2.05) is 44.2 Å². The monoisotopic (exact) mass is 578 g/mol. The van der Waals surface area contributed by atoms with Gasteiger partial charge in [-0.05, 0) is 79.9 Å². The Kier molecular flexibility index (Phi) is 9.90. The highest BCUT2D eigenvalue weighted by atomic mass is 16.2. The number of rotatable bonds is 10. The minimum absolute atomic E-state index is 0.0567. The van der Waals surface area contributed by atoms with Crippen LogP contribution in [-0.4, -0.2) is 75.2 Å². The summed E-state index contributed by atoms with van der Waals surface area (Å²) in [5.74, 6) is -0.0100. The van der Waals surface area contributed by atoms with Gasteiger partial charge in [0, 0.05) is 38.0 Å². The molecule has 2 fully saturated rings. The number of allylic oxidation sites excluding steroid dienone is 1. The van der Waals surface area contributed by atoms with Crippen LogP contribution in [0.4, 0.5) is 5.69 Å². The molecule has 0 saturated carbocycles. The van der Waals surface area contributed by atoms with Crippen molar-refractivity contribution < 1.29 is 4.79 Å². The van der Waals surface area contributed by atoms with Crippen molar-refractivity contribution in [2.75, 3.05) is 37.7 Å². The number of tetrazole rings is 1. The lowest BCUT2D eigenvalue weighted by Crippen LogP contribution is -2.44. The Morgan fingerprint density at radius 1 is 1.02 bits per heavy atom. The second-order valence-corrected chi connectivity index (χ2v) is 11.4. The highest BCUT2D eigenvalue weighted by molar-refractivity contribution is 6.07. The van der Waals surface area contributed by atoms with E-state index in [1.54, 1.807) is 4.90 Å². The second kappa shape index (κ2) is 14.2. The van der Waals surface area contributed by atoms with Crippen LogP contribution in [-0.2, 0) is 24.3 Å². The van der Waals surface area contributed by atoms with Crippen LogP contribution in [0.2, 0.25) is 0 Å². The van der Waals surface area contributed by atoms with Crippen LogP contribution < -0.4 is 10.2 Å². The van der Waals surface area contributed by atoms with Gasteiger partial charge in [-0.2, -0.15) is 10.5 Å². The normalized spacial score (nSPS) is 16.3. The average Bonchev–Trinajstić information content (AvgIpc) is 3.73. The first-order valence-electron chi connectivity index (χ1n) is 14.9. The minimum atomic E-state index is -0.495. The zero-order valence-electron chi connectivity index (χ0n) is 24.9. The molecule has 0 bridgehead atoms. The van der Waals surface area contributed by atoms with Crippen molar-refractivity contribution in [2.45, 2.75) is 58.7 Å². The van der Waals surface area contributed by atoms with Crippen molar-refractivity contribution in [3.05, 3.63) is 81.7 Å². The summed E-state index contributed by atoms with van der Waals surface area (Å²) in [6.07, 6.45) is 4.12. The highest BCUT2D eigenvalue weighted by Gasteiger charge is 2.35. The summed E-state index contributed by atoms with van der Waals surface area (Å²) in [4.78, 5) is 20.9. The van der Waals surface area contributed by atoms with Crippen LogP contribution in [0.3, 0.4) is 0 Å². The number of hydrogen-bond acceptors (Lipinski definition) is 9. The fraction of sp³-hybridized carbons (Fsp3) is 0.438. The van der Waals surface area contributed by atoms with Crippen LogP contribution in [0.25, 0.3) is 0 Å². The van der Waals surface area contributed by atoms with Crippen molar-refractivity contribution in [1.82, 2.24) is 35.7 Å². The molecule has 1 aromatic heterocycles. The SMILES string of the molecule is Cc1cc(C)cc(CC(C(C(=O)N(Cc2nnn[nH]2)c2cccc(CN3CCCCC3)c2)=C(C#N)C#N)N2CCNC2)c1. The third-order valence-corrected chi connectivity index (χ3v) is 8.12. The molecule has 1 amide bonds. The molecule has 1 atom stereocenters. The molecule has 0 spiro atoms. The number of nitrogens with one attached hydrogen (secondary N) is 2. The number of amides is 1. The van der Waals surface area contributed by atoms with Gasteiger partial charge in [-0.1, -0.05) is 47.9 Å². The zero-order chi connectivity index (χ0) is 30.2. The summed E-state index contributed by atoms with van der Waals surface area (Å²) in [6, 6.07) is 17.8. The smallest absolute Gasteiger partial charge is 0.258 e. The maximum Gasteiger partial charge on any atom is 0.258 e. The van der Waals surface area contributed by atoms with E-state index in [9.17, 15) is 15.3 Å². The fourth-order valence-corrected chi connectivity index (χ4v) is 6.20. The van der Waals surface area contributed by atoms with Gasteiger partial charge in [0.1, 0.15) is 17.7 Å². The number of benzene rings is 2. The second-order valence-electron chi connectivity index (χ2n) is 11.4. The van der Waals surface area contributed by atoms with Crippen LogP contribution in [0.5, 0.6) is 0 Å². The zero-order valence-corrected chi connectivity index (χ0v) is 24.9. The molecular weight excluding hydrogens is 540 g/mol. The van der Waals surface area contributed by atoms with Gasteiger partial charge >= 0.3 is 0 Å².